The minimum atomic E-state index is 0.00492. The highest BCUT2D eigenvalue weighted by Gasteiger charge is 2.02. The van der Waals surface area contributed by atoms with Crippen LogP contribution in [0.1, 0.15) is 16.8 Å². The van der Waals surface area contributed by atoms with Crippen molar-refractivity contribution in [1.29, 1.82) is 0 Å². The van der Waals surface area contributed by atoms with Crippen LogP contribution in [-0.4, -0.2) is 18.2 Å². The van der Waals surface area contributed by atoms with E-state index in [1.165, 1.54) is 4.90 Å². The van der Waals surface area contributed by atoms with Crippen LogP contribution in [0.2, 0.25) is 0 Å². The van der Waals surface area contributed by atoms with Crippen LogP contribution in [-0.2, 0) is 0 Å². The van der Waals surface area contributed by atoms with E-state index >= 15 is 0 Å². The predicted molar refractivity (Wildman–Crippen MR) is 80.6 cm³/mol. The highest BCUT2D eigenvalue weighted by molar-refractivity contribution is 7.99. The van der Waals surface area contributed by atoms with E-state index in [-0.39, 0.29) is 5.91 Å². The van der Waals surface area contributed by atoms with Gasteiger partial charge in [-0.2, -0.15) is 0 Å². The van der Waals surface area contributed by atoms with Crippen molar-refractivity contribution >= 4 is 17.7 Å². The average molecular weight is 271 g/mol. The molecule has 0 unspecified atom stereocenters. The summed E-state index contributed by atoms with van der Waals surface area (Å²) in [4.78, 5) is 13.0. The second-order valence-electron chi connectivity index (χ2n) is 4.14. The molecule has 0 heterocycles. The van der Waals surface area contributed by atoms with Crippen LogP contribution in [0.3, 0.4) is 0 Å². The first-order chi connectivity index (χ1) is 9.36. The highest BCUT2D eigenvalue weighted by Crippen LogP contribution is 2.17. The lowest BCUT2D eigenvalue weighted by atomic mass is 10.2. The molecule has 2 rings (SSSR count). The van der Waals surface area contributed by atoms with Crippen molar-refractivity contribution in [3.05, 3.63) is 66.2 Å². The summed E-state index contributed by atoms with van der Waals surface area (Å²) in [6.07, 6.45) is 0.970. The van der Waals surface area contributed by atoms with Crippen molar-refractivity contribution in [2.24, 2.45) is 0 Å². The molecule has 0 spiro atoms. The van der Waals surface area contributed by atoms with Crippen LogP contribution in [0.25, 0.3) is 0 Å². The van der Waals surface area contributed by atoms with Crippen molar-refractivity contribution in [3.63, 3.8) is 0 Å². The Bertz CT molecular complexity index is 499. The van der Waals surface area contributed by atoms with Gasteiger partial charge in [0, 0.05) is 17.0 Å². The number of benzene rings is 2. The number of hydrogen-bond acceptors (Lipinski definition) is 2. The Morgan fingerprint density at radius 2 is 1.58 bits per heavy atom. The Morgan fingerprint density at radius 1 is 0.947 bits per heavy atom. The Kier molecular flexibility index (Phi) is 5.50. The van der Waals surface area contributed by atoms with Gasteiger partial charge in [-0.15, -0.1) is 11.8 Å². The smallest absolute Gasteiger partial charge is 0.251 e. The van der Waals surface area contributed by atoms with Crippen LogP contribution >= 0.6 is 11.8 Å². The molecule has 1 N–H and O–H groups in total. The SMILES string of the molecule is O=C(NCCCSc1ccccc1)c1ccccc1. The summed E-state index contributed by atoms with van der Waals surface area (Å²) in [5, 5.41) is 2.93. The van der Waals surface area contributed by atoms with E-state index in [1.54, 1.807) is 0 Å². The number of thioether (sulfide) groups is 1. The number of hydrogen-bond donors (Lipinski definition) is 1. The fourth-order valence-electron chi connectivity index (χ4n) is 1.67. The van der Waals surface area contributed by atoms with Crippen molar-refractivity contribution < 1.29 is 4.79 Å². The summed E-state index contributed by atoms with van der Waals surface area (Å²) in [5.74, 6) is 1.02. The maximum absolute atomic E-state index is 11.8. The zero-order valence-electron chi connectivity index (χ0n) is 10.7. The molecule has 0 bridgehead atoms. The summed E-state index contributed by atoms with van der Waals surface area (Å²) in [6, 6.07) is 19.6. The number of carbonyl (C=O) groups excluding carboxylic acids is 1. The molecule has 0 saturated heterocycles. The van der Waals surface area contributed by atoms with Gasteiger partial charge in [-0.3, -0.25) is 4.79 Å². The van der Waals surface area contributed by atoms with E-state index < -0.39 is 0 Å². The van der Waals surface area contributed by atoms with Crippen molar-refractivity contribution in [1.82, 2.24) is 5.32 Å². The second-order valence-corrected chi connectivity index (χ2v) is 5.31. The summed E-state index contributed by atoms with van der Waals surface area (Å²) >= 11 is 1.82. The molecule has 0 radical (unpaired) electrons. The van der Waals surface area contributed by atoms with Gasteiger partial charge in [0.05, 0.1) is 0 Å². The van der Waals surface area contributed by atoms with Gasteiger partial charge < -0.3 is 5.32 Å². The van der Waals surface area contributed by atoms with E-state index in [0.717, 1.165) is 17.7 Å². The molecule has 2 aromatic rings. The molecule has 0 fully saturated rings. The zero-order valence-corrected chi connectivity index (χ0v) is 11.5. The van der Waals surface area contributed by atoms with E-state index in [9.17, 15) is 4.79 Å². The van der Waals surface area contributed by atoms with Gasteiger partial charge in [0.25, 0.3) is 5.91 Å². The number of rotatable bonds is 6. The zero-order chi connectivity index (χ0) is 13.3. The fraction of sp³-hybridized carbons (Fsp3) is 0.188. The number of carbonyl (C=O) groups is 1. The molecule has 98 valence electrons. The lowest BCUT2D eigenvalue weighted by molar-refractivity contribution is 0.0954. The minimum Gasteiger partial charge on any atom is -0.352 e. The third-order valence-corrected chi connectivity index (χ3v) is 3.75. The van der Waals surface area contributed by atoms with Gasteiger partial charge in [-0.1, -0.05) is 36.4 Å². The standard InChI is InChI=1S/C16H17NOS/c18-16(14-8-3-1-4-9-14)17-12-7-13-19-15-10-5-2-6-11-15/h1-6,8-11H,7,12-13H2,(H,17,18). The monoisotopic (exact) mass is 271 g/mol. The quantitative estimate of drug-likeness (QED) is 0.642. The first kappa shape index (κ1) is 13.7. The predicted octanol–water partition coefficient (Wildman–Crippen LogP) is 3.60. The molecule has 2 aromatic carbocycles. The van der Waals surface area contributed by atoms with Crippen molar-refractivity contribution in [3.8, 4) is 0 Å². The number of amides is 1. The average Bonchev–Trinajstić information content (AvgIpc) is 2.49. The molecule has 3 heteroatoms. The lowest BCUT2D eigenvalue weighted by Crippen LogP contribution is -2.24. The first-order valence-corrected chi connectivity index (χ1v) is 7.36. The molecular weight excluding hydrogens is 254 g/mol. The highest BCUT2D eigenvalue weighted by atomic mass is 32.2. The molecule has 0 saturated carbocycles. The Morgan fingerprint density at radius 3 is 2.26 bits per heavy atom. The molecule has 1 amide bonds. The Hall–Kier alpha value is -1.74. The van der Waals surface area contributed by atoms with Gasteiger partial charge in [-0.25, -0.2) is 0 Å². The molecule has 0 atom stereocenters. The maximum atomic E-state index is 11.8. The van der Waals surface area contributed by atoms with Gasteiger partial charge in [-0.05, 0) is 36.4 Å². The van der Waals surface area contributed by atoms with Crippen LogP contribution in [0.15, 0.2) is 65.6 Å². The largest absolute Gasteiger partial charge is 0.352 e. The summed E-state index contributed by atoms with van der Waals surface area (Å²) in [7, 11) is 0. The summed E-state index contributed by atoms with van der Waals surface area (Å²) in [6.45, 7) is 0.716. The summed E-state index contributed by atoms with van der Waals surface area (Å²) < 4.78 is 0. The van der Waals surface area contributed by atoms with Crippen LogP contribution in [0.4, 0.5) is 0 Å². The van der Waals surface area contributed by atoms with E-state index in [0.29, 0.717) is 6.54 Å². The van der Waals surface area contributed by atoms with Crippen molar-refractivity contribution in [2.45, 2.75) is 11.3 Å². The van der Waals surface area contributed by atoms with Gasteiger partial charge in [0.2, 0.25) is 0 Å². The molecular formula is C16H17NOS. The topological polar surface area (TPSA) is 29.1 Å². The van der Waals surface area contributed by atoms with Crippen LogP contribution < -0.4 is 5.32 Å². The van der Waals surface area contributed by atoms with E-state index in [1.807, 2.05) is 60.3 Å². The van der Waals surface area contributed by atoms with Gasteiger partial charge in [0.15, 0.2) is 0 Å². The molecule has 19 heavy (non-hydrogen) atoms. The minimum absolute atomic E-state index is 0.00492. The molecule has 2 nitrogen and oxygen atoms in total. The van der Waals surface area contributed by atoms with Crippen LogP contribution in [0, 0.1) is 0 Å². The van der Waals surface area contributed by atoms with Gasteiger partial charge in [0.1, 0.15) is 0 Å². The molecule has 0 aliphatic rings. The van der Waals surface area contributed by atoms with Crippen molar-refractivity contribution in [2.75, 3.05) is 12.3 Å². The van der Waals surface area contributed by atoms with E-state index in [4.69, 9.17) is 0 Å². The first-order valence-electron chi connectivity index (χ1n) is 6.37. The third-order valence-electron chi connectivity index (χ3n) is 2.65. The molecule has 0 aliphatic carbocycles. The summed E-state index contributed by atoms with van der Waals surface area (Å²) in [5.41, 5.74) is 0.721. The maximum Gasteiger partial charge on any atom is 0.251 e. The third kappa shape index (κ3) is 4.79. The molecule has 0 aliphatic heterocycles. The van der Waals surface area contributed by atoms with E-state index in [2.05, 4.69) is 17.4 Å². The van der Waals surface area contributed by atoms with Crippen LogP contribution in [0.5, 0.6) is 0 Å². The molecule has 0 aromatic heterocycles. The lowest BCUT2D eigenvalue weighted by Gasteiger charge is -2.05. The fourth-order valence-corrected chi connectivity index (χ4v) is 2.55. The second kappa shape index (κ2) is 7.64. The number of nitrogens with one attached hydrogen (secondary N) is 1. The normalized spacial score (nSPS) is 10.1. The van der Waals surface area contributed by atoms with Gasteiger partial charge >= 0.3 is 0 Å². The Labute approximate surface area is 118 Å². The Balaban J connectivity index is 1.63.